The lowest BCUT2D eigenvalue weighted by molar-refractivity contribution is -0.116. The lowest BCUT2D eigenvalue weighted by Crippen LogP contribution is -2.35. The molecule has 0 fully saturated rings. The zero-order chi connectivity index (χ0) is 18.7. The first-order chi connectivity index (χ1) is 12.5. The molecule has 0 unspecified atom stereocenters. The van der Waals surface area contributed by atoms with Crippen LogP contribution >= 0.6 is 0 Å². The van der Waals surface area contributed by atoms with Gasteiger partial charge in [-0.25, -0.2) is 0 Å². The van der Waals surface area contributed by atoms with Crippen LogP contribution < -0.4 is 5.32 Å². The number of likely N-dealkylation sites (N-methyl/N-ethyl adjacent to an activating group) is 1. The van der Waals surface area contributed by atoms with Crippen molar-refractivity contribution in [2.75, 3.05) is 18.9 Å². The largest absolute Gasteiger partial charge is 0.332 e. The standard InChI is InChI=1S/C22H26N2O2/c1-15-7-6-10-20(16(15)2)23-21(25)14-24(3)22(26)19-12-11-17-8-4-5-9-18(17)13-19/h6-7,10-13H,4-5,8-9,14H2,1-3H3,(H,23,25). The second kappa shape index (κ2) is 7.73. The molecule has 1 aliphatic carbocycles. The minimum absolute atomic E-state index is 0.0311. The number of nitrogens with one attached hydrogen (secondary N) is 1. The predicted octanol–water partition coefficient (Wildman–Crippen LogP) is 3.89. The topological polar surface area (TPSA) is 49.4 Å². The summed E-state index contributed by atoms with van der Waals surface area (Å²) in [5.74, 6) is -0.304. The molecule has 0 heterocycles. The third-order valence-electron chi connectivity index (χ3n) is 5.20. The zero-order valence-corrected chi connectivity index (χ0v) is 15.8. The van der Waals surface area contributed by atoms with E-state index < -0.39 is 0 Å². The molecule has 0 atom stereocenters. The zero-order valence-electron chi connectivity index (χ0n) is 15.8. The van der Waals surface area contributed by atoms with Crippen LogP contribution in [0.15, 0.2) is 36.4 Å². The van der Waals surface area contributed by atoms with Crippen LogP contribution in [-0.2, 0) is 17.6 Å². The number of fused-ring (bicyclic) bond motifs is 1. The normalized spacial score (nSPS) is 13.0. The van der Waals surface area contributed by atoms with E-state index in [2.05, 4.69) is 11.4 Å². The molecule has 0 saturated heterocycles. The number of aryl methyl sites for hydroxylation is 3. The number of carbonyl (C=O) groups excluding carboxylic acids is 2. The number of anilines is 1. The van der Waals surface area contributed by atoms with Gasteiger partial charge >= 0.3 is 0 Å². The van der Waals surface area contributed by atoms with Crippen LogP contribution in [0, 0.1) is 13.8 Å². The molecule has 3 rings (SSSR count). The van der Waals surface area contributed by atoms with Gasteiger partial charge in [0.15, 0.2) is 0 Å². The first-order valence-electron chi connectivity index (χ1n) is 9.19. The Morgan fingerprint density at radius 2 is 1.77 bits per heavy atom. The Bertz CT molecular complexity index is 842. The summed E-state index contributed by atoms with van der Waals surface area (Å²) in [6, 6.07) is 11.7. The van der Waals surface area contributed by atoms with E-state index in [0.29, 0.717) is 5.56 Å². The highest BCUT2D eigenvalue weighted by Crippen LogP contribution is 2.23. The van der Waals surface area contributed by atoms with Gasteiger partial charge in [-0.2, -0.15) is 0 Å². The number of hydrogen-bond acceptors (Lipinski definition) is 2. The fourth-order valence-electron chi connectivity index (χ4n) is 3.45. The van der Waals surface area contributed by atoms with Gasteiger partial charge in [0.2, 0.25) is 5.91 Å². The average Bonchev–Trinajstić information content (AvgIpc) is 2.64. The summed E-state index contributed by atoms with van der Waals surface area (Å²) in [4.78, 5) is 26.5. The third-order valence-corrected chi connectivity index (χ3v) is 5.20. The molecular formula is C22H26N2O2. The third kappa shape index (κ3) is 3.96. The van der Waals surface area contributed by atoms with Crippen LogP contribution in [0.4, 0.5) is 5.69 Å². The number of benzene rings is 2. The molecule has 4 heteroatoms. The van der Waals surface area contributed by atoms with Crippen molar-refractivity contribution >= 4 is 17.5 Å². The maximum atomic E-state index is 12.7. The van der Waals surface area contributed by atoms with Gasteiger partial charge in [-0.15, -0.1) is 0 Å². The fourth-order valence-corrected chi connectivity index (χ4v) is 3.45. The van der Waals surface area contributed by atoms with E-state index in [1.807, 2.05) is 44.2 Å². The van der Waals surface area contributed by atoms with Gasteiger partial charge in [0, 0.05) is 18.3 Å². The van der Waals surface area contributed by atoms with Crippen molar-refractivity contribution in [1.29, 1.82) is 0 Å². The first kappa shape index (κ1) is 18.2. The van der Waals surface area contributed by atoms with Gasteiger partial charge in [0.05, 0.1) is 6.54 Å². The van der Waals surface area contributed by atoms with E-state index in [4.69, 9.17) is 0 Å². The molecule has 26 heavy (non-hydrogen) atoms. The molecule has 4 nitrogen and oxygen atoms in total. The van der Waals surface area contributed by atoms with Crippen LogP contribution in [0.25, 0.3) is 0 Å². The molecule has 2 aromatic carbocycles. The number of carbonyl (C=O) groups is 2. The lowest BCUT2D eigenvalue weighted by atomic mass is 9.90. The first-order valence-corrected chi connectivity index (χ1v) is 9.19. The summed E-state index contributed by atoms with van der Waals surface area (Å²) < 4.78 is 0. The van der Waals surface area contributed by atoms with Gasteiger partial charge in [-0.1, -0.05) is 18.2 Å². The minimum Gasteiger partial charge on any atom is -0.332 e. The van der Waals surface area contributed by atoms with E-state index in [-0.39, 0.29) is 18.4 Å². The van der Waals surface area contributed by atoms with Crippen LogP contribution in [0.3, 0.4) is 0 Å². The molecule has 2 aromatic rings. The molecule has 1 aliphatic rings. The van der Waals surface area contributed by atoms with Crippen LogP contribution in [0.5, 0.6) is 0 Å². The monoisotopic (exact) mass is 350 g/mol. The summed E-state index contributed by atoms with van der Waals surface area (Å²) in [5, 5.41) is 2.91. The molecule has 0 aromatic heterocycles. The molecular weight excluding hydrogens is 324 g/mol. The molecule has 0 radical (unpaired) electrons. The van der Waals surface area contributed by atoms with Crippen LogP contribution in [-0.4, -0.2) is 30.3 Å². The molecule has 2 amide bonds. The van der Waals surface area contributed by atoms with Crippen molar-refractivity contribution in [3.63, 3.8) is 0 Å². The summed E-state index contributed by atoms with van der Waals surface area (Å²) in [5.41, 5.74) is 6.25. The van der Waals surface area contributed by atoms with Gasteiger partial charge in [-0.05, 0) is 80.0 Å². The summed E-state index contributed by atoms with van der Waals surface area (Å²) in [6.07, 6.45) is 4.53. The van der Waals surface area contributed by atoms with E-state index in [9.17, 15) is 9.59 Å². The summed E-state index contributed by atoms with van der Waals surface area (Å²) in [7, 11) is 1.67. The average molecular weight is 350 g/mol. The highest BCUT2D eigenvalue weighted by molar-refractivity contribution is 5.99. The summed E-state index contributed by atoms with van der Waals surface area (Å²) >= 11 is 0. The Labute approximate surface area is 155 Å². The number of amides is 2. The Morgan fingerprint density at radius 3 is 2.54 bits per heavy atom. The van der Waals surface area contributed by atoms with Gasteiger partial charge in [0.1, 0.15) is 0 Å². The lowest BCUT2D eigenvalue weighted by Gasteiger charge is -2.20. The second-order valence-electron chi connectivity index (χ2n) is 7.15. The van der Waals surface area contributed by atoms with Crippen molar-refractivity contribution in [2.45, 2.75) is 39.5 Å². The van der Waals surface area contributed by atoms with E-state index in [1.165, 1.54) is 28.9 Å². The number of rotatable bonds is 4. The summed E-state index contributed by atoms with van der Waals surface area (Å²) in [6.45, 7) is 4.02. The fraction of sp³-hybridized carbons (Fsp3) is 0.364. The Morgan fingerprint density at radius 1 is 1.04 bits per heavy atom. The van der Waals surface area contributed by atoms with E-state index in [0.717, 1.165) is 29.7 Å². The molecule has 1 N–H and O–H groups in total. The SMILES string of the molecule is Cc1cccc(NC(=O)CN(C)C(=O)c2ccc3c(c2)CCCC3)c1C. The number of nitrogens with zero attached hydrogens (tertiary/aromatic N) is 1. The quantitative estimate of drug-likeness (QED) is 0.909. The Hall–Kier alpha value is -2.62. The van der Waals surface area contributed by atoms with E-state index >= 15 is 0 Å². The Balaban J connectivity index is 1.65. The van der Waals surface area contributed by atoms with Crippen molar-refractivity contribution in [1.82, 2.24) is 4.90 Å². The van der Waals surface area contributed by atoms with Crippen molar-refractivity contribution in [3.05, 3.63) is 64.2 Å². The highest BCUT2D eigenvalue weighted by atomic mass is 16.2. The number of hydrogen-bond donors (Lipinski definition) is 1. The van der Waals surface area contributed by atoms with Gasteiger partial charge in [-0.3, -0.25) is 9.59 Å². The van der Waals surface area contributed by atoms with Crippen molar-refractivity contribution < 1.29 is 9.59 Å². The molecule has 0 spiro atoms. The van der Waals surface area contributed by atoms with Crippen molar-refractivity contribution in [3.8, 4) is 0 Å². The Kier molecular flexibility index (Phi) is 5.40. The maximum absolute atomic E-state index is 12.7. The minimum atomic E-state index is -0.187. The van der Waals surface area contributed by atoms with Crippen molar-refractivity contribution in [2.24, 2.45) is 0 Å². The molecule has 0 saturated carbocycles. The molecule has 0 aliphatic heterocycles. The van der Waals surface area contributed by atoms with Crippen LogP contribution in [0.2, 0.25) is 0 Å². The molecule has 136 valence electrons. The molecule has 0 bridgehead atoms. The maximum Gasteiger partial charge on any atom is 0.254 e. The smallest absolute Gasteiger partial charge is 0.254 e. The van der Waals surface area contributed by atoms with Gasteiger partial charge < -0.3 is 10.2 Å². The van der Waals surface area contributed by atoms with Gasteiger partial charge in [0.25, 0.3) is 5.91 Å². The van der Waals surface area contributed by atoms with Crippen LogP contribution in [0.1, 0.15) is 45.5 Å². The van der Waals surface area contributed by atoms with E-state index in [1.54, 1.807) is 7.05 Å². The second-order valence-corrected chi connectivity index (χ2v) is 7.15. The predicted molar refractivity (Wildman–Crippen MR) is 105 cm³/mol. The highest BCUT2D eigenvalue weighted by Gasteiger charge is 2.18.